The van der Waals surface area contributed by atoms with Gasteiger partial charge in [0.05, 0.1) is 23.9 Å². The predicted molar refractivity (Wildman–Crippen MR) is 81.9 cm³/mol. The first-order valence-corrected chi connectivity index (χ1v) is 6.74. The maximum absolute atomic E-state index is 6.07. The van der Waals surface area contributed by atoms with Gasteiger partial charge < -0.3 is 5.73 Å². The summed E-state index contributed by atoms with van der Waals surface area (Å²) in [5, 5.41) is 0.711. The number of imidazole rings is 1. The highest BCUT2D eigenvalue weighted by Gasteiger charge is 2.09. The summed E-state index contributed by atoms with van der Waals surface area (Å²) in [5.41, 5.74) is 9.96. The maximum Gasteiger partial charge on any atom is 0.0997 e. The van der Waals surface area contributed by atoms with Gasteiger partial charge in [-0.25, -0.2) is 4.98 Å². The van der Waals surface area contributed by atoms with E-state index >= 15 is 0 Å². The first-order valence-electron chi connectivity index (χ1n) is 6.36. The summed E-state index contributed by atoms with van der Waals surface area (Å²) in [6, 6.07) is 15.8. The van der Waals surface area contributed by atoms with Crippen molar-refractivity contribution in [3.8, 4) is 16.9 Å². The molecule has 0 aliphatic rings. The summed E-state index contributed by atoms with van der Waals surface area (Å²) in [4.78, 5) is 4.26. The van der Waals surface area contributed by atoms with Crippen LogP contribution in [0.25, 0.3) is 16.9 Å². The van der Waals surface area contributed by atoms with Crippen LogP contribution in [0.3, 0.4) is 0 Å². The van der Waals surface area contributed by atoms with Crippen LogP contribution >= 0.6 is 11.6 Å². The number of nitrogens with two attached hydrogens (primary N) is 1. The number of nitrogens with zero attached hydrogens (tertiary/aromatic N) is 2. The molecule has 0 fully saturated rings. The fourth-order valence-electron chi connectivity index (χ4n) is 2.27. The molecule has 100 valence electrons. The molecule has 0 amide bonds. The van der Waals surface area contributed by atoms with E-state index in [4.69, 9.17) is 17.3 Å². The van der Waals surface area contributed by atoms with E-state index in [-0.39, 0.29) is 0 Å². The summed E-state index contributed by atoms with van der Waals surface area (Å²) >= 11 is 6.07. The molecule has 1 aromatic heterocycles. The Morgan fingerprint density at radius 1 is 1.10 bits per heavy atom. The third-order valence-electron chi connectivity index (χ3n) is 3.23. The Morgan fingerprint density at radius 2 is 1.95 bits per heavy atom. The van der Waals surface area contributed by atoms with Gasteiger partial charge in [-0.3, -0.25) is 4.57 Å². The van der Waals surface area contributed by atoms with Crippen LogP contribution in [-0.4, -0.2) is 9.55 Å². The van der Waals surface area contributed by atoms with Gasteiger partial charge in [-0.05, 0) is 23.8 Å². The zero-order valence-corrected chi connectivity index (χ0v) is 11.6. The highest BCUT2D eigenvalue weighted by atomic mass is 35.5. The topological polar surface area (TPSA) is 43.8 Å². The molecule has 20 heavy (non-hydrogen) atoms. The molecular weight excluding hydrogens is 270 g/mol. The minimum absolute atomic E-state index is 0.489. The molecule has 0 bridgehead atoms. The maximum atomic E-state index is 6.07. The van der Waals surface area contributed by atoms with Crippen LogP contribution < -0.4 is 5.73 Å². The molecule has 0 aliphatic heterocycles. The van der Waals surface area contributed by atoms with Gasteiger partial charge in [0.25, 0.3) is 0 Å². The number of rotatable bonds is 3. The van der Waals surface area contributed by atoms with Gasteiger partial charge in [-0.1, -0.05) is 41.9 Å². The van der Waals surface area contributed by atoms with Crippen molar-refractivity contribution >= 4 is 11.6 Å². The first kappa shape index (κ1) is 12.9. The van der Waals surface area contributed by atoms with Gasteiger partial charge in [-0.15, -0.1) is 0 Å². The van der Waals surface area contributed by atoms with Crippen molar-refractivity contribution in [1.29, 1.82) is 0 Å². The standard InChI is InChI=1S/C16H14ClN3/c17-14-6-3-5-12(8-14)16-10-19-11-20(16)15-7-2-1-4-13(15)9-18/h1-8,10-11H,9,18H2. The van der Waals surface area contributed by atoms with Gasteiger partial charge >= 0.3 is 0 Å². The molecular formula is C16H14ClN3. The number of benzene rings is 2. The Kier molecular flexibility index (Phi) is 3.54. The number of para-hydroxylation sites is 1. The Labute approximate surface area is 122 Å². The molecule has 0 unspecified atom stereocenters. The number of halogens is 1. The van der Waals surface area contributed by atoms with Crippen molar-refractivity contribution in [3.05, 3.63) is 71.6 Å². The zero-order chi connectivity index (χ0) is 13.9. The largest absolute Gasteiger partial charge is 0.326 e. The second-order valence-electron chi connectivity index (χ2n) is 4.49. The van der Waals surface area contributed by atoms with Crippen molar-refractivity contribution in [2.75, 3.05) is 0 Å². The van der Waals surface area contributed by atoms with Crippen LogP contribution in [0.1, 0.15) is 5.56 Å². The van der Waals surface area contributed by atoms with E-state index in [1.165, 1.54) is 0 Å². The van der Waals surface area contributed by atoms with Crippen molar-refractivity contribution in [2.45, 2.75) is 6.54 Å². The quantitative estimate of drug-likeness (QED) is 0.797. The Hall–Kier alpha value is -2.10. The smallest absolute Gasteiger partial charge is 0.0997 e. The lowest BCUT2D eigenvalue weighted by Gasteiger charge is -2.12. The van der Waals surface area contributed by atoms with Crippen molar-refractivity contribution in [2.24, 2.45) is 5.73 Å². The van der Waals surface area contributed by atoms with Gasteiger partial charge in [0, 0.05) is 17.1 Å². The molecule has 3 nitrogen and oxygen atoms in total. The number of aromatic nitrogens is 2. The van der Waals surface area contributed by atoms with Gasteiger partial charge in [-0.2, -0.15) is 0 Å². The van der Waals surface area contributed by atoms with Crippen LogP contribution in [0.5, 0.6) is 0 Å². The molecule has 4 heteroatoms. The minimum Gasteiger partial charge on any atom is -0.326 e. The van der Waals surface area contributed by atoms with Crippen LogP contribution in [0, 0.1) is 0 Å². The van der Waals surface area contributed by atoms with E-state index in [0.717, 1.165) is 22.5 Å². The molecule has 1 heterocycles. The molecule has 3 aromatic rings. The second kappa shape index (κ2) is 5.49. The highest BCUT2D eigenvalue weighted by molar-refractivity contribution is 6.30. The lowest BCUT2D eigenvalue weighted by molar-refractivity contribution is 0.987. The normalized spacial score (nSPS) is 10.7. The van der Waals surface area contributed by atoms with E-state index in [1.54, 1.807) is 6.33 Å². The molecule has 2 N–H and O–H groups in total. The van der Waals surface area contributed by atoms with E-state index < -0.39 is 0 Å². The molecule has 0 radical (unpaired) electrons. The van der Waals surface area contributed by atoms with E-state index in [9.17, 15) is 0 Å². The lowest BCUT2D eigenvalue weighted by Crippen LogP contribution is -2.04. The Balaban J connectivity index is 2.15. The molecule has 0 atom stereocenters. The van der Waals surface area contributed by atoms with Crippen LogP contribution in [0.4, 0.5) is 0 Å². The van der Waals surface area contributed by atoms with Crippen LogP contribution in [0.15, 0.2) is 61.1 Å². The molecule has 0 spiro atoms. The fourth-order valence-corrected chi connectivity index (χ4v) is 2.46. The Bertz CT molecular complexity index is 734. The van der Waals surface area contributed by atoms with Crippen LogP contribution in [-0.2, 0) is 6.54 Å². The summed E-state index contributed by atoms with van der Waals surface area (Å²) in [6.07, 6.45) is 3.63. The molecule has 0 saturated heterocycles. The third-order valence-corrected chi connectivity index (χ3v) is 3.47. The van der Waals surface area contributed by atoms with Crippen molar-refractivity contribution in [3.63, 3.8) is 0 Å². The fraction of sp³-hybridized carbons (Fsp3) is 0.0625. The van der Waals surface area contributed by atoms with Gasteiger partial charge in [0.1, 0.15) is 0 Å². The SMILES string of the molecule is NCc1ccccc1-n1cncc1-c1cccc(Cl)c1. The van der Waals surface area contributed by atoms with E-state index in [2.05, 4.69) is 4.98 Å². The summed E-state index contributed by atoms with van der Waals surface area (Å²) in [7, 11) is 0. The van der Waals surface area contributed by atoms with Gasteiger partial charge in [0.15, 0.2) is 0 Å². The average molecular weight is 284 g/mol. The van der Waals surface area contributed by atoms with E-state index in [1.807, 2.05) is 59.3 Å². The Morgan fingerprint density at radius 3 is 2.75 bits per heavy atom. The monoisotopic (exact) mass is 283 g/mol. The van der Waals surface area contributed by atoms with Gasteiger partial charge in [0.2, 0.25) is 0 Å². The minimum atomic E-state index is 0.489. The molecule has 0 saturated carbocycles. The predicted octanol–water partition coefficient (Wildman–Crippen LogP) is 3.65. The summed E-state index contributed by atoms with van der Waals surface area (Å²) in [5.74, 6) is 0. The van der Waals surface area contributed by atoms with Crippen LogP contribution in [0.2, 0.25) is 5.02 Å². The third kappa shape index (κ3) is 2.33. The lowest BCUT2D eigenvalue weighted by atomic mass is 10.1. The van der Waals surface area contributed by atoms with Crippen molar-refractivity contribution < 1.29 is 0 Å². The molecule has 3 rings (SSSR count). The molecule has 2 aromatic carbocycles. The summed E-state index contributed by atoms with van der Waals surface area (Å²) < 4.78 is 2.04. The second-order valence-corrected chi connectivity index (χ2v) is 4.93. The highest BCUT2D eigenvalue weighted by Crippen LogP contribution is 2.26. The first-order chi connectivity index (χ1) is 9.79. The average Bonchev–Trinajstić information content (AvgIpc) is 2.96. The van der Waals surface area contributed by atoms with E-state index in [0.29, 0.717) is 11.6 Å². The summed E-state index contributed by atoms with van der Waals surface area (Å²) in [6.45, 7) is 0.489. The number of hydrogen-bond donors (Lipinski definition) is 1. The zero-order valence-electron chi connectivity index (χ0n) is 10.8. The number of hydrogen-bond acceptors (Lipinski definition) is 2. The molecule has 0 aliphatic carbocycles. The van der Waals surface area contributed by atoms with Crippen molar-refractivity contribution in [1.82, 2.24) is 9.55 Å².